The summed E-state index contributed by atoms with van der Waals surface area (Å²) in [5, 5.41) is 0. The zero-order valence-corrected chi connectivity index (χ0v) is 9.87. The Balaban J connectivity index is 2.28. The molecule has 0 spiro atoms. The Hall–Kier alpha value is -1.72. The number of benzene rings is 1. The Bertz CT molecular complexity index is 610. The van der Waals surface area contributed by atoms with Crippen molar-refractivity contribution in [2.45, 2.75) is 25.6 Å². The van der Waals surface area contributed by atoms with E-state index >= 15 is 0 Å². The van der Waals surface area contributed by atoms with E-state index in [0.29, 0.717) is 5.52 Å². The van der Waals surface area contributed by atoms with Gasteiger partial charge in [-0.05, 0) is 18.6 Å². The van der Waals surface area contributed by atoms with E-state index in [9.17, 15) is 18.0 Å². The van der Waals surface area contributed by atoms with Crippen LogP contribution in [-0.2, 0) is 13.6 Å². The van der Waals surface area contributed by atoms with E-state index in [1.807, 2.05) is 0 Å². The molecule has 0 fully saturated rings. The fourth-order valence-electron chi connectivity index (χ4n) is 2.02. The zero-order chi connectivity index (χ0) is 13.3. The molecular weight excluding hydrogens is 245 g/mol. The summed E-state index contributed by atoms with van der Waals surface area (Å²) in [5.74, 6) is 0. The average molecular weight is 258 g/mol. The van der Waals surface area contributed by atoms with E-state index in [1.165, 1.54) is 9.13 Å². The molecule has 0 amide bonds. The van der Waals surface area contributed by atoms with Crippen LogP contribution >= 0.6 is 0 Å². The second kappa shape index (κ2) is 4.51. The average Bonchev–Trinajstić information content (AvgIpc) is 2.53. The van der Waals surface area contributed by atoms with Gasteiger partial charge in [-0.3, -0.25) is 9.13 Å². The van der Waals surface area contributed by atoms with Crippen molar-refractivity contribution >= 4 is 11.0 Å². The van der Waals surface area contributed by atoms with Crippen LogP contribution in [0.2, 0.25) is 0 Å². The molecule has 3 nitrogen and oxygen atoms in total. The number of alkyl halides is 3. The predicted octanol–water partition coefficient (Wildman–Crippen LogP) is 2.68. The lowest BCUT2D eigenvalue weighted by atomic mass is 10.3. The van der Waals surface area contributed by atoms with Gasteiger partial charge in [-0.25, -0.2) is 4.79 Å². The third-order valence-corrected chi connectivity index (χ3v) is 2.89. The maximum atomic E-state index is 12.1. The first-order valence-corrected chi connectivity index (χ1v) is 5.61. The van der Waals surface area contributed by atoms with Crippen molar-refractivity contribution in [3.8, 4) is 0 Å². The van der Waals surface area contributed by atoms with Gasteiger partial charge in [-0.1, -0.05) is 12.1 Å². The van der Waals surface area contributed by atoms with E-state index < -0.39 is 12.6 Å². The van der Waals surface area contributed by atoms with Crippen molar-refractivity contribution in [1.82, 2.24) is 9.13 Å². The number of nitrogens with zero attached hydrogens (tertiary/aromatic N) is 2. The molecule has 2 rings (SSSR count). The zero-order valence-electron chi connectivity index (χ0n) is 9.87. The fraction of sp³-hybridized carbons (Fsp3) is 0.417. The summed E-state index contributed by atoms with van der Waals surface area (Å²) in [4.78, 5) is 11.9. The molecule has 0 aliphatic rings. The maximum Gasteiger partial charge on any atom is 0.389 e. The van der Waals surface area contributed by atoms with E-state index in [2.05, 4.69) is 0 Å². The van der Waals surface area contributed by atoms with Crippen molar-refractivity contribution in [2.75, 3.05) is 0 Å². The van der Waals surface area contributed by atoms with E-state index in [1.54, 1.807) is 31.3 Å². The van der Waals surface area contributed by atoms with Gasteiger partial charge in [-0.2, -0.15) is 13.2 Å². The van der Waals surface area contributed by atoms with Crippen LogP contribution in [0.4, 0.5) is 13.2 Å². The molecular formula is C12H13F3N2O. The smallest absolute Gasteiger partial charge is 0.295 e. The first-order valence-electron chi connectivity index (χ1n) is 5.61. The minimum Gasteiger partial charge on any atom is -0.295 e. The first-order chi connectivity index (χ1) is 8.40. The molecule has 0 saturated heterocycles. The number of rotatable bonds is 3. The summed E-state index contributed by atoms with van der Waals surface area (Å²) in [5.41, 5.74) is 1.13. The Kier molecular flexibility index (Phi) is 3.19. The van der Waals surface area contributed by atoms with Crippen LogP contribution < -0.4 is 5.69 Å². The van der Waals surface area contributed by atoms with E-state index in [4.69, 9.17) is 0 Å². The van der Waals surface area contributed by atoms with Gasteiger partial charge >= 0.3 is 11.9 Å². The maximum absolute atomic E-state index is 12.1. The summed E-state index contributed by atoms with van der Waals surface area (Å²) >= 11 is 0. The number of hydrogen-bond donors (Lipinski definition) is 0. The van der Waals surface area contributed by atoms with Crippen LogP contribution in [0.1, 0.15) is 12.8 Å². The quantitative estimate of drug-likeness (QED) is 0.831. The highest BCUT2D eigenvalue weighted by atomic mass is 19.4. The third kappa shape index (κ3) is 2.42. The lowest BCUT2D eigenvalue weighted by Gasteiger charge is -2.06. The molecule has 0 aliphatic carbocycles. The fourth-order valence-corrected chi connectivity index (χ4v) is 2.02. The monoisotopic (exact) mass is 258 g/mol. The molecule has 0 saturated carbocycles. The van der Waals surface area contributed by atoms with Gasteiger partial charge < -0.3 is 0 Å². The van der Waals surface area contributed by atoms with Crippen LogP contribution in [0.5, 0.6) is 0 Å². The molecule has 0 radical (unpaired) electrons. The molecule has 0 bridgehead atoms. The van der Waals surface area contributed by atoms with Crippen LogP contribution in [0.3, 0.4) is 0 Å². The Labute approximate surface area is 101 Å². The summed E-state index contributed by atoms with van der Waals surface area (Å²) in [7, 11) is 1.62. The molecule has 1 aromatic carbocycles. The molecule has 0 atom stereocenters. The number of imidazole rings is 1. The van der Waals surface area contributed by atoms with Gasteiger partial charge in [0.25, 0.3) is 0 Å². The molecule has 1 heterocycles. The summed E-state index contributed by atoms with van der Waals surface area (Å²) in [6, 6.07) is 7.07. The van der Waals surface area contributed by atoms with Crippen LogP contribution in [0, 0.1) is 0 Å². The standard InChI is InChI=1S/C12H13F3N2O/c1-16-9-5-2-3-6-10(9)17(11(16)18)8-4-7-12(13,14)15/h2-3,5-6H,4,7-8H2,1H3. The van der Waals surface area contributed by atoms with Crippen LogP contribution in [0.25, 0.3) is 11.0 Å². The normalized spacial score (nSPS) is 12.2. The molecule has 6 heteroatoms. The van der Waals surface area contributed by atoms with Crippen LogP contribution in [-0.4, -0.2) is 15.3 Å². The van der Waals surface area contributed by atoms with Crippen molar-refractivity contribution in [1.29, 1.82) is 0 Å². The second-order valence-electron chi connectivity index (χ2n) is 4.20. The topological polar surface area (TPSA) is 26.9 Å². The molecule has 98 valence electrons. The number of aromatic nitrogens is 2. The lowest BCUT2D eigenvalue weighted by molar-refractivity contribution is -0.135. The SMILES string of the molecule is Cn1c(=O)n(CCCC(F)(F)F)c2ccccc21. The van der Waals surface area contributed by atoms with Crippen molar-refractivity contribution in [3.05, 3.63) is 34.7 Å². The predicted molar refractivity (Wildman–Crippen MR) is 62.5 cm³/mol. The molecule has 18 heavy (non-hydrogen) atoms. The molecule has 1 aromatic heterocycles. The minimum absolute atomic E-state index is 0.0830. The first kappa shape index (κ1) is 12.7. The molecule has 0 unspecified atom stereocenters. The highest BCUT2D eigenvalue weighted by Crippen LogP contribution is 2.22. The number of fused-ring (bicyclic) bond motifs is 1. The minimum atomic E-state index is -4.17. The van der Waals surface area contributed by atoms with Crippen molar-refractivity contribution < 1.29 is 13.2 Å². The highest BCUT2D eigenvalue weighted by Gasteiger charge is 2.26. The highest BCUT2D eigenvalue weighted by molar-refractivity contribution is 5.75. The number of hydrogen-bond acceptors (Lipinski definition) is 1. The molecule has 0 N–H and O–H groups in total. The van der Waals surface area contributed by atoms with Crippen molar-refractivity contribution in [3.63, 3.8) is 0 Å². The van der Waals surface area contributed by atoms with Gasteiger partial charge in [0, 0.05) is 20.0 Å². The Morgan fingerprint density at radius 2 is 1.78 bits per heavy atom. The second-order valence-corrected chi connectivity index (χ2v) is 4.20. The van der Waals surface area contributed by atoms with Gasteiger partial charge in [0.2, 0.25) is 0 Å². The number of halogens is 3. The Morgan fingerprint density at radius 1 is 1.17 bits per heavy atom. The molecule has 2 aromatic rings. The van der Waals surface area contributed by atoms with Gasteiger partial charge in [0.15, 0.2) is 0 Å². The van der Waals surface area contributed by atoms with Gasteiger partial charge in [0.05, 0.1) is 11.0 Å². The van der Waals surface area contributed by atoms with Gasteiger partial charge in [0.1, 0.15) is 0 Å². The largest absolute Gasteiger partial charge is 0.389 e. The van der Waals surface area contributed by atoms with E-state index in [0.717, 1.165) is 5.52 Å². The summed E-state index contributed by atoms with van der Waals surface area (Å²) in [6.45, 7) is 0.0830. The van der Waals surface area contributed by atoms with Crippen LogP contribution in [0.15, 0.2) is 29.1 Å². The molecule has 0 aliphatic heterocycles. The van der Waals surface area contributed by atoms with Crippen molar-refractivity contribution in [2.24, 2.45) is 7.05 Å². The summed E-state index contributed by atoms with van der Waals surface area (Å²) in [6.07, 6.45) is -5.13. The lowest BCUT2D eigenvalue weighted by Crippen LogP contribution is -2.23. The third-order valence-electron chi connectivity index (χ3n) is 2.89. The van der Waals surface area contributed by atoms with Gasteiger partial charge in [-0.15, -0.1) is 0 Å². The van der Waals surface area contributed by atoms with E-state index in [-0.39, 0.29) is 18.7 Å². The number of aryl methyl sites for hydroxylation is 2. The number of para-hydroxylation sites is 2. The summed E-state index contributed by atoms with van der Waals surface area (Å²) < 4.78 is 39.1. The Morgan fingerprint density at radius 3 is 2.39 bits per heavy atom.